The molecule has 0 aliphatic carbocycles. The zero-order valence-corrected chi connectivity index (χ0v) is 12.3. The summed E-state index contributed by atoms with van der Waals surface area (Å²) in [6, 6.07) is 0. The molecule has 1 fully saturated rings. The molecule has 0 amide bonds. The summed E-state index contributed by atoms with van der Waals surface area (Å²) < 4.78 is 18.9. The summed E-state index contributed by atoms with van der Waals surface area (Å²) in [7, 11) is 2.26. The Hall–Kier alpha value is -2.12. The zero-order chi connectivity index (χ0) is 16.2. The average Bonchev–Trinajstić information content (AvgIpc) is 2.39. The van der Waals surface area contributed by atoms with Crippen LogP contribution in [0.2, 0.25) is 0 Å². The largest absolute Gasteiger partial charge is 0.468 e. The van der Waals surface area contributed by atoms with Gasteiger partial charge in [0.05, 0.1) is 14.2 Å². The van der Waals surface area contributed by atoms with E-state index in [1.165, 1.54) is 13.8 Å². The Bertz CT molecular complexity index is 417. The van der Waals surface area contributed by atoms with Crippen LogP contribution in [0.25, 0.3) is 0 Å². The van der Waals surface area contributed by atoms with Crippen LogP contribution < -0.4 is 0 Å². The van der Waals surface area contributed by atoms with Crippen molar-refractivity contribution in [1.82, 2.24) is 0 Å². The predicted molar refractivity (Wildman–Crippen MR) is 66.5 cm³/mol. The molecule has 0 aromatic heterocycles. The minimum Gasteiger partial charge on any atom is -0.468 e. The first kappa shape index (κ1) is 16.9. The third-order valence-electron chi connectivity index (χ3n) is 2.98. The summed E-state index contributed by atoms with van der Waals surface area (Å²) in [4.78, 5) is 46.5. The number of esters is 4. The van der Waals surface area contributed by atoms with E-state index in [1.54, 1.807) is 0 Å². The van der Waals surface area contributed by atoms with Gasteiger partial charge in [0, 0.05) is 13.8 Å². The van der Waals surface area contributed by atoms with Crippen LogP contribution in [0.1, 0.15) is 26.7 Å². The Balaban J connectivity index is 2.72. The molecule has 0 atom stereocenters. The lowest BCUT2D eigenvalue weighted by Gasteiger charge is -2.33. The number of carbonyl (C=O) groups excluding carboxylic acids is 4. The standard InChI is InChI=1S/C13H18O8/c1-13(2)20-11(16)8(12(17)21-13)6-5-7(9(14)18-3)10(15)19-4/h7-8H,5-6H2,1-4H3. The topological polar surface area (TPSA) is 105 Å². The van der Waals surface area contributed by atoms with Gasteiger partial charge in [0.25, 0.3) is 5.79 Å². The SMILES string of the molecule is COC(=O)C(CCC1C(=O)OC(C)(C)OC1=O)C(=O)OC. The Morgan fingerprint density at radius 1 is 1.10 bits per heavy atom. The highest BCUT2D eigenvalue weighted by molar-refractivity contribution is 5.97. The molecule has 8 nitrogen and oxygen atoms in total. The van der Waals surface area contributed by atoms with E-state index in [-0.39, 0.29) is 12.8 Å². The van der Waals surface area contributed by atoms with Gasteiger partial charge >= 0.3 is 23.9 Å². The summed E-state index contributed by atoms with van der Waals surface area (Å²) in [5, 5.41) is 0. The molecule has 118 valence electrons. The number of hydrogen-bond acceptors (Lipinski definition) is 8. The van der Waals surface area contributed by atoms with Crippen molar-refractivity contribution in [3.05, 3.63) is 0 Å². The summed E-state index contributed by atoms with van der Waals surface area (Å²) >= 11 is 0. The van der Waals surface area contributed by atoms with Gasteiger partial charge in [0.2, 0.25) is 0 Å². The monoisotopic (exact) mass is 302 g/mol. The van der Waals surface area contributed by atoms with E-state index < -0.39 is 41.5 Å². The molecule has 0 bridgehead atoms. The minimum atomic E-state index is -1.31. The molecular weight excluding hydrogens is 284 g/mol. The summed E-state index contributed by atoms with van der Waals surface area (Å²) in [6.07, 6.45) is -0.169. The van der Waals surface area contributed by atoms with Crippen molar-refractivity contribution >= 4 is 23.9 Å². The predicted octanol–water partition coefficient (Wildman–Crippen LogP) is 0.181. The van der Waals surface area contributed by atoms with Crippen LogP contribution in [0, 0.1) is 11.8 Å². The molecule has 0 unspecified atom stereocenters. The summed E-state index contributed by atoms with van der Waals surface area (Å²) in [5.74, 6) is -6.76. The zero-order valence-electron chi connectivity index (χ0n) is 12.3. The van der Waals surface area contributed by atoms with Crippen LogP contribution in [0.4, 0.5) is 0 Å². The first-order valence-electron chi connectivity index (χ1n) is 6.33. The van der Waals surface area contributed by atoms with E-state index in [0.29, 0.717) is 0 Å². The van der Waals surface area contributed by atoms with Crippen LogP contribution in [-0.4, -0.2) is 43.9 Å². The van der Waals surface area contributed by atoms with Crippen LogP contribution in [0.15, 0.2) is 0 Å². The molecule has 1 aliphatic rings. The van der Waals surface area contributed by atoms with E-state index >= 15 is 0 Å². The van der Waals surface area contributed by atoms with Gasteiger partial charge in [-0.1, -0.05) is 0 Å². The smallest absolute Gasteiger partial charge is 0.323 e. The molecule has 0 aromatic rings. The van der Waals surface area contributed by atoms with Crippen molar-refractivity contribution in [2.45, 2.75) is 32.5 Å². The summed E-state index contributed by atoms with van der Waals surface area (Å²) in [5.41, 5.74) is 0. The Kier molecular flexibility index (Phi) is 5.28. The molecular formula is C13H18O8. The fourth-order valence-electron chi connectivity index (χ4n) is 1.93. The molecule has 1 aliphatic heterocycles. The van der Waals surface area contributed by atoms with Gasteiger partial charge in [0.1, 0.15) is 0 Å². The first-order valence-corrected chi connectivity index (χ1v) is 6.33. The minimum absolute atomic E-state index is 0.0807. The second-order valence-electron chi connectivity index (χ2n) is 4.97. The molecule has 0 aromatic carbocycles. The number of cyclic esters (lactones) is 2. The van der Waals surface area contributed by atoms with Crippen LogP contribution in [-0.2, 0) is 38.1 Å². The van der Waals surface area contributed by atoms with Crippen molar-refractivity contribution < 1.29 is 38.1 Å². The normalized spacial score (nSPS) is 18.0. The molecule has 0 radical (unpaired) electrons. The number of hydrogen-bond donors (Lipinski definition) is 0. The maximum absolute atomic E-state index is 11.8. The van der Waals surface area contributed by atoms with E-state index in [4.69, 9.17) is 9.47 Å². The highest BCUT2D eigenvalue weighted by Gasteiger charge is 2.44. The van der Waals surface area contributed by atoms with Crippen molar-refractivity contribution in [3.63, 3.8) is 0 Å². The van der Waals surface area contributed by atoms with Gasteiger partial charge in [-0.2, -0.15) is 0 Å². The molecule has 0 N–H and O–H groups in total. The van der Waals surface area contributed by atoms with Gasteiger partial charge in [-0.05, 0) is 12.8 Å². The quantitative estimate of drug-likeness (QED) is 0.402. The van der Waals surface area contributed by atoms with Crippen LogP contribution in [0.3, 0.4) is 0 Å². The molecule has 0 spiro atoms. The molecule has 1 heterocycles. The first-order chi connectivity index (χ1) is 9.71. The molecule has 1 saturated heterocycles. The van der Waals surface area contributed by atoms with Gasteiger partial charge < -0.3 is 18.9 Å². The molecule has 8 heteroatoms. The Morgan fingerprint density at radius 2 is 1.52 bits per heavy atom. The number of rotatable bonds is 5. The van der Waals surface area contributed by atoms with Gasteiger partial charge in [-0.15, -0.1) is 0 Å². The summed E-state index contributed by atoms with van der Waals surface area (Å²) in [6.45, 7) is 2.87. The third kappa shape index (κ3) is 4.17. The Labute approximate surface area is 121 Å². The van der Waals surface area contributed by atoms with E-state index in [9.17, 15) is 19.2 Å². The third-order valence-corrected chi connectivity index (χ3v) is 2.98. The van der Waals surface area contributed by atoms with E-state index in [2.05, 4.69) is 9.47 Å². The second-order valence-corrected chi connectivity index (χ2v) is 4.97. The van der Waals surface area contributed by atoms with Crippen molar-refractivity contribution in [3.8, 4) is 0 Å². The molecule has 0 saturated carbocycles. The number of methoxy groups -OCH3 is 2. The highest BCUT2D eigenvalue weighted by atomic mass is 16.7. The van der Waals surface area contributed by atoms with Crippen molar-refractivity contribution in [2.24, 2.45) is 11.8 Å². The lowest BCUT2D eigenvalue weighted by Crippen LogP contribution is -2.46. The fraction of sp³-hybridized carbons (Fsp3) is 0.692. The number of ether oxygens (including phenoxy) is 4. The van der Waals surface area contributed by atoms with Gasteiger partial charge in [0.15, 0.2) is 11.8 Å². The van der Waals surface area contributed by atoms with Gasteiger partial charge in [-0.3, -0.25) is 19.2 Å². The van der Waals surface area contributed by atoms with Crippen LogP contribution >= 0.6 is 0 Å². The van der Waals surface area contributed by atoms with Crippen LogP contribution in [0.5, 0.6) is 0 Å². The Morgan fingerprint density at radius 3 is 1.90 bits per heavy atom. The molecule has 1 rings (SSSR count). The highest BCUT2D eigenvalue weighted by Crippen LogP contribution is 2.27. The van der Waals surface area contributed by atoms with Crippen molar-refractivity contribution in [2.75, 3.05) is 14.2 Å². The molecule has 21 heavy (non-hydrogen) atoms. The number of carbonyl (C=O) groups is 4. The van der Waals surface area contributed by atoms with E-state index in [1.807, 2.05) is 0 Å². The van der Waals surface area contributed by atoms with Crippen molar-refractivity contribution in [1.29, 1.82) is 0 Å². The average molecular weight is 302 g/mol. The fourth-order valence-corrected chi connectivity index (χ4v) is 1.93. The lowest BCUT2D eigenvalue weighted by molar-refractivity contribution is -0.240. The second kappa shape index (κ2) is 6.55. The van der Waals surface area contributed by atoms with E-state index in [0.717, 1.165) is 14.2 Å². The maximum atomic E-state index is 11.8. The maximum Gasteiger partial charge on any atom is 0.323 e. The lowest BCUT2D eigenvalue weighted by atomic mass is 9.95. The van der Waals surface area contributed by atoms with Gasteiger partial charge in [-0.25, -0.2) is 0 Å².